The van der Waals surface area contributed by atoms with E-state index in [0.717, 1.165) is 28.7 Å². The highest BCUT2D eigenvalue weighted by atomic mass is 79.9. The van der Waals surface area contributed by atoms with Crippen LogP contribution in [0.25, 0.3) is 0 Å². The first kappa shape index (κ1) is 16.8. The third-order valence-corrected chi connectivity index (χ3v) is 3.98. The summed E-state index contributed by atoms with van der Waals surface area (Å²) in [5.74, 6) is 0.145. The Bertz CT molecular complexity index is 599. The van der Waals surface area contributed by atoms with E-state index in [1.165, 1.54) is 7.11 Å². The van der Waals surface area contributed by atoms with Crippen LogP contribution in [0.2, 0.25) is 0 Å². The molecule has 0 radical (unpaired) electrons. The number of ether oxygens (including phenoxy) is 2. The Balaban J connectivity index is 2.56. The first-order valence-electron chi connectivity index (χ1n) is 7.27. The second-order valence-electron chi connectivity index (χ2n) is 5.43. The zero-order valence-electron chi connectivity index (χ0n) is 13.3. The average Bonchev–Trinajstić information content (AvgIpc) is 2.46. The Morgan fingerprint density at radius 3 is 2.82 bits per heavy atom. The minimum atomic E-state index is -0.319. The Labute approximate surface area is 139 Å². The minimum Gasteiger partial charge on any atom is -0.475 e. The monoisotopic (exact) mass is 368 g/mol. The lowest BCUT2D eigenvalue weighted by Crippen LogP contribution is -2.25. The lowest BCUT2D eigenvalue weighted by Gasteiger charge is -2.30. The van der Waals surface area contributed by atoms with Crippen LogP contribution in [-0.4, -0.2) is 29.5 Å². The third-order valence-electron chi connectivity index (χ3n) is 3.53. The zero-order chi connectivity index (χ0) is 16.3. The van der Waals surface area contributed by atoms with Crippen LogP contribution in [0.3, 0.4) is 0 Å². The zero-order valence-corrected chi connectivity index (χ0v) is 14.9. The van der Waals surface area contributed by atoms with E-state index in [-0.39, 0.29) is 18.0 Å². The number of nitrogens with zero attached hydrogens (tertiary/aromatic N) is 1. The van der Waals surface area contributed by atoms with Crippen LogP contribution < -0.4 is 10.1 Å². The van der Waals surface area contributed by atoms with Crippen LogP contribution >= 0.6 is 15.9 Å². The van der Waals surface area contributed by atoms with Gasteiger partial charge < -0.3 is 14.8 Å². The van der Waals surface area contributed by atoms with E-state index in [0.29, 0.717) is 11.5 Å². The molecule has 2 rings (SSSR count). The van der Waals surface area contributed by atoms with Crippen molar-refractivity contribution < 1.29 is 14.3 Å². The quantitative estimate of drug-likeness (QED) is 0.635. The normalized spacial score (nSPS) is 17.1. The number of esters is 1. The number of hydrogen-bond donors (Lipinski definition) is 1. The van der Waals surface area contributed by atoms with Crippen molar-refractivity contribution in [2.24, 2.45) is 0 Å². The minimum absolute atomic E-state index is 0.0113. The molecule has 5 nitrogen and oxygen atoms in total. The number of anilines is 1. The highest BCUT2D eigenvalue weighted by molar-refractivity contribution is 9.09. The number of nitrogens with one attached hydrogen (secondary N) is 1. The van der Waals surface area contributed by atoms with Crippen LogP contribution in [0, 0.1) is 0 Å². The van der Waals surface area contributed by atoms with E-state index >= 15 is 0 Å². The summed E-state index contributed by atoms with van der Waals surface area (Å²) in [4.78, 5) is 16.6. The molecule has 0 saturated carbocycles. The van der Waals surface area contributed by atoms with Gasteiger partial charge in [-0.1, -0.05) is 15.9 Å². The number of aromatic nitrogens is 1. The summed E-state index contributed by atoms with van der Waals surface area (Å²) in [5, 5.41) is 4.04. The summed E-state index contributed by atoms with van der Waals surface area (Å²) in [5.41, 5.74) is 3.30. The summed E-state index contributed by atoms with van der Waals surface area (Å²) in [6, 6.07) is 1.90. The van der Waals surface area contributed by atoms with Gasteiger partial charge in [-0.05, 0) is 33.3 Å². The van der Waals surface area contributed by atoms with Gasteiger partial charge in [-0.25, -0.2) is 9.78 Å². The van der Waals surface area contributed by atoms with Gasteiger partial charge in [0.15, 0.2) is 0 Å². The molecule has 1 N–H and O–H groups in total. The fraction of sp³-hybridized carbons (Fsp3) is 0.500. The predicted octanol–water partition coefficient (Wildman–Crippen LogP) is 3.61. The van der Waals surface area contributed by atoms with E-state index < -0.39 is 0 Å². The van der Waals surface area contributed by atoms with Crippen molar-refractivity contribution >= 4 is 27.6 Å². The fourth-order valence-electron chi connectivity index (χ4n) is 2.70. The Morgan fingerprint density at radius 2 is 2.23 bits per heavy atom. The number of fused-ring (bicyclic) bond motifs is 1. The van der Waals surface area contributed by atoms with Gasteiger partial charge >= 0.3 is 5.97 Å². The van der Waals surface area contributed by atoms with Gasteiger partial charge in [0.05, 0.1) is 18.8 Å². The molecule has 0 spiro atoms. The first-order valence-corrected chi connectivity index (χ1v) is 8.39. The van der Waals surface area contributed by atoms with Crippen molar-refractivity contribution in [3.63, 3.8) is 0 Å². The fourth-order valence-corrected chi connectivity index (χ4v) is 3.15. The number of methoxy groups -OCH3 is 1. The molecule has 1 aromatic heterocycles. The SMILES string of the molecule is COC(=O)C1=C(C)Nc2ccnc(OC(C)C)c2C1CCBr. The summed E-state index contributed by atoms with van der Waals surface area (Å²) in [7, 11) is 1.40. The topological polar surface area (TPSA) is 60.5 Å². The van der Waals surface area contributed by atoms with Crippen molar-refractivity contribution in [2.75, 3.05) is 17.8 Å². The maximum absolute atomic E-state index is 12.2. The molecule has 1 aliphatic rings. The maximum atomic E-state index is 12.2. The molecule has 0 fully saturated rings. The number of hydrogen-bond acceptors (Lipinski definition) is 5. The average molecular weight is 369 g/mol. The van der Waals surface area contributed by atoms with Gasteiger partial charge in [0.25, 0.3) is 0 Å². The highest BCUT2D eigenvalue weighted by Gasteiger charge is 2.34. The van der Waals surface area contributed by atoms with Gasteiger partial charge in [-0.15, -0.1) is 0 Å². The standard InChI is InChI=1S/C16H21BrN2O3/c1-9(2)22-15-14-11(5-7-17)13(16(20)21-4)10(3)19-12(14)6-8-18-15/h6,8-9,11,19H,5,7H2,1-4H3. The van der Waals surface area contributed by atoms with Gasteiger partial charge in [-0.2, -0.15) is 0 Å². The molecule has 22 heavy (non-hydrogen) atoms. The predicted molar refractivity (Wildman–Crippen MR) is 89.5 cm³/mol. The van der Waals surface area contributed by atoms with Crippen molar-refractivity contribution in [3.05, 3.63) is 29.1 Å². The molecule has 1 aliphatic heterocycles. The lowest BCUT2D eigenvalue weighted by molar-refractivity contribution is -0.136. The van der Waals surface area contributed by atoms with Crippen LogP contribution in [0.4, 0.5) is 5.69 Å². The Hall–Kier alpha value is -1.56. The maximum Gasteiger partial charge on any atom is 0.336 e. The molecule has 0 saturated heterocycles. The second-order valence-corrected chi connectivity index (χ2v) is 6.22. The molecule has 6 heteroatoms. The van der Waals surface area contributed by atoms with Gasteiger partial charge in [0.2, 0.25) is 5.88 Å². The van der Waals surface area contributed by atoms with Crippen LogP contribution in [0.15, 0.2) is 23.5 Å². The summed E-state index contributed by atoms with van der Waals surface area (Å²) in [6.07, 6.45) is 2.49. The number of pyridine rings is 1. The third kappa shape index (κ3) is 3.27. The van der Waals surface area contributed by atoms with Crippen LogP contribution in [-0.2, 0) is 9.53 Å². The van der Waals surface area contributed by atoms with Crippen molar-refractivity contribution in [3.8, 4) is 5.88 Å². The molecule has 120 valence electrons. The molecule has 1 unspecified atom stereocenters. The molecular weight excluding hydrogens is 348 g/mol. The number of allylic oxidation sites excluding steroid dienone is 1. The number of carbonyl (C=O) groups is 1. The summed E-state index contributed by atoms with van der Waals surface area (Å²) >= 11 is 3.47. The number of carbonyl (C=O) groups excluding carboxylic acids is 1. The molecular formula is C16H21BrN2O3. The lowest BCUT2D eigenvalue weighted by atomic mass is 9.84. The Kier molecular flexibility index (Phi) is 5.45. The van der Waals surface area contributed by atoms with Gasteiger partial charge in [0, 0.05) is 34.4 Å². The molecule has 0 aliphatic carbocycles. The first-order chi connectivity index (χ1) is 10.5. The number of rotatable bonds is 5. The molecule has 0 aromatic carbocycles. The second kappa shape index (κ2) is 7.13. The molecule has 1 aromatic rings. The van der Waals surface area contributed by atoms with Crippen molar-refractivity contribution in [2.45, 2.75) is 39.2 Å². The Morgan fingerprint density at radius 1 is 1.50 bits per heavy atom. The largest absolute Gasteiger partial charge is 0.475 e. The summed E-state index contributed by atoms with van der Waals surface area (Å²) in [6.45, 7) is 5.80. The highest BCUT2D eigenvalue weighted by Crippen LogP contribution is 2.44. The number of halogens is 1. The van der Waals surface area contributed by atoms with E-state index in [2.05, 4.69) is 26.2 Å². The smallest absolute Gasteiger partial charge is 0.336 e. The van der Waals surface area contributed by atoms with Crippen LogP contribution in [0.5, 0.6) is 5.88 Å². The van der Waals surface area contributed by atoms with Crippen LogP contribution in [0.1, 0.15) is 38.7 Å². The van der Waals surface area contributed by atoms with E-state index in [4.69, 9.17) is 9.47 Å². The van der Waals surface area contributed by atoms with Gasteiger partial charge in [0.1, 0.15) is 0 Å². The summed E-state index contributed by atoms with van der Waals surface area (Å²) < 4.78 is 10.8. The van der Waals surface area contributed by atoms with Crippen molar-refractivity contribution in [1.29, 1.82) is 0 Å². The van der Waals surface area contributed by atoms with E-state index in [1.807, 2.05) is 26.8 Å². The van der Waals surface area contributed by atoms with E-state index in [1.54, 1.807) is 6.20 Å². The molecule has 0 amide bonds. The molecule has 1 atom stereocenters. The van der Waals surface area contributed by atoms with E-state index in [9.17, 15) is 4.79 Å². The number of alkyl halides is 1. The molecule has 0 bridgehead atoms. The van der Waals surface area contributed by atoms with Crippen molar-refractivity contribution in [1.82, 2.24) is 4.98 Å². The molecule has 2 heterocycles. The van der Waals surface area contributed by atoms with Gasteiger partial charge in [-0.3, -0.25) is 0 Å².